The summed E-state index contributed by atoms with van der Waals surface area (Å²) in [6, 6.07) is 7.36. The van der Waals surface area contributed by atoms with Crippen LogP contribution in [0.1, 0.15) is 58.8 Å². The SMILES string of the molecule is C[C@]12CCCN(CC(=O)Nc3ccc(NC(=O)CCCC(=O)O)cc3)[C@@H]1CC[C@@]1(C)O[C@@H]21. The van der Waals surface area contributed by atoms with E-state index in [1.165, 1.54) is 0 Å². The summed E-state index contributed by atoms with van der Waals surface area (Å²) in [5, 5.41) is 14.3. The van der Waals surface area contributed by atoms with E-state index in [2.05, 4.69) is 29.4 Å². The standard InChI is InChI=1S/C24H33N3O5/c1-23-12-4-14-27(18(23)11-13-24(2)22(23)32-24)15-20(29)26-17-9-7-16(8-10-17)25-19(28)5-3-6-21(30)31/h7-10,18,22H,3-6,11-15H2,1-2H3,(H,25,28)(H,26,29)(H,30,31)/t18-,22+,23+,24-/m1/s1. The van der Waals surface area contributed by atoms with Crippen molar-refractivity contribution < 1.29 is 24.2 Å². The monoisotopic (exact) mass is 443 g/mol. The lowest BCUT2D eigenvalue weighted by Crippen LogP contribution is -2.58. The summed E-state index contributed by atoms with van der Waals surface area (Å²) in [5.74, 6) is -1.17. The van der Waals surface area contributed by atoms with Crippen LogP contribution in [0.15, 0.2) is 24.3 Å². The number of likely N-dealkylation sites (tertiary alicyclic amines) is 1. The van der Waals surface area contributed by atoms with E-state index in [1.807, 2.05) is 0 Å². The number of nitrogens with zero attached hydrogens (tertiary/aromatic N) is 1. The van der Waals surface area contributed by atoms with E-state index in [-0.39, 0.29) is 35.7 Å². The average molecular weight is 444 g/mol. The van der Waals surface area contributed by atoms with Crippen molar-refractivity contribution in [3.05, 3.63) is 24.3 Å². The zero-order valence-corrected chi connectivity index (χ0v) is 18.9. The highest BCUT2D eigenvalue weighted by Crippen LogP contribution is 2.60. The molecule has 2 aliphatic heterocycles. The van der Waals surface area contributed by atoms with Crippen LogP contribution in [0.25, 0.3) is 0 Å². The molecule has 0 unspecified atom stereocenters. The van der Waals surface area contributed by atoms with E-state index in [4.69, 9.17) is 9.84 Å². The molecule has 0 radical (unpaired) electrons. The van der Waals surface area contributed by atoms with Crippen LogP contribution in [0.5, 0.6) is 0 Å². The molecule has 8 nitrogen and oxygen atoms in total. The first-order chi connectivity index (χ1) is 15.2. The first kappa shape index (κ1) is 22.7. The lowest BCUT2D eigenvalue weighted by molar-refractivity contribution is -0.137. The van der Waals surface area contributed by atoms with Crippen molar-refractivity contribution in [3.8, 4) is 0 Å². The molecule has 3 N–H and O–H groups in total. The Bertz CT molecular complexity index is 888. The van der Waals surface area contributed by atoms with Crippen molar-refractivity contribution in [3.63, 3.8) is 0 Å². The van der Waals surface area contributed by atoms with Crippen LogP contribution in [0.2, 0.25) is 0 Å². The third-order valence-electron chi connectivity index (χ3n) is 7.35. The predicted molar refractivity (Wildman–Crippen MR) is 120 cm³/mol. The van der Waals surface area contributed by atoms with Crippen molar-refractivity contribution >= 4 is 29.2 Å². The smallest absolute Gasteiger partial charge is 0.303 e. The number of aliphatic carboxylic acids is 1. The fraction of sp³-hybridized carbons (Fsp3) is 0.625. The minimum Gasteiger partial charge on any atom is -0.481 e. The van der Waals surface area contributed by atoms with Crippen molar-refractivity contribution in [1.29, 1.82) is 0 Å². The molecule has 3 fully saturated rings. The molecule has 2 saturated heterocycles. The number of anilines is 2. The number of benzene rings is 1. The van der Waals surface area contributed by atoms with E-state index in [0.717, 1.165) is 32.2 Å². The van der Waals surface area contributed by atoms with Crippen LogP contribution in [0.3, 0.4) is 0 Å². The van der Waals surface area contributed by atoms with Crippen LogP contribution in [-0.2, 0) is 19.1 Å². The molecule has 1 aromatic rings. The highest BCUT2D eigenvalue weighted by atomic mass is 16.6. The number of carboxylic acid groups (broad SMARTS) is 1. The minimum absolute atomic E-state index is 0.0254. The third kappa shape index (κ3) is 4.81. The summed E-state index contributed by atoms with van der Waals surface area (Å²) >= 11 is 0. The average Bonchev–Trinajstić information content (AvgIpc) is 3.43. The Balaban J connectivity index is 1.27. The van der Waals surface area contributed by atoms with Gasteiger partial charge in [0, 0.05) is 35.7 Å². The Morgan fingerprint density at radius 1 is 1.06 bits per heavy atom. The van der Waals surface area contributed by atoms with E-state index in [1.54, 1.807) is 24.3 Å². The van der Waals surface area contributed by atoms with Gasteiger partial charge in [-0.2, -0.15) is 0 Å². The molecule has 0 spiro atoms. The van der Waals surface area contributed by atoms with Gasteiger partial charge in [0.1, 0.15) is 0 Å². The van der Waals surface area contributed by atoms with Crippen LogP contribution >= 0.6 is 0 Å². The maximum atomic E-state index is 12.7. The van der Waals surface area contributed by atoms with Crippen molar-refractivity contribution in [1.82, 2.24) is 4.90 Å². The zero-order chi connectivity index (χ0) is 22.9. The lowest BCUT2D eigenvalue weighted by Gasteiger charge is -2.50. The molecule has 1 aromatic carbocycles. The summed E-state index contributed by atoms with van der Waals surface area (Å²) in [7, 11) is 0. The number of piperidine rings is 1. The summed E-state index contributed by atoms with van der Waals surface area (Å²) in [6.07, 6.45) is 5.10. The molecule has 32 heavy (non-hydrogen) atoms. The number of amides is 2. The molecule has 4 rings (SSSR count). The van der Waals surface area contributed by atoms with E-state index in [9.17, 15) is 14.4 Å². The van der Waals surface area contributed by atoms with E-state index >= 15 is 0 Å². The topological polar surface area (TPSA) is 111 Å². The number of carbonyl (C=O) groups is 3. The first-order valence-electron chi connectivity index (χ1n) is 11.5. The van der Waals surface area contributed by atoms with Crippen LogP contribution in [0.4, 0.5) is 11.4 Å². The van der Waals surface area contributed by atoms with Gasteiger partial charge in [-0.05, 0) is 69.8 Å². The fourth-order valence-electron chi connectivity index (χ4n) is 5.74. The maximum Gasteiger partial charge on any atom is 0.303 e. The molecule has 2 heterocycles. The van der Waals surface area contributed by atoms with Gasteiger partial charge >= 0.3 is 5.97 Å². The van der Waals surface area contributed by atoms with Crippen molar-refractivity contribution in [2.45, 2.75) is 76.5 Å². The van der Waals surface area contributed by atoms with Gasteiger partial charge < -0.3 is 20.5 Å². The largest absolute Gasteiger partial charge is 0.481 e. The van der Waals surface area contributed by atoms with Crippen molar-refractivity contribution in [2.75, 3.05) is 23.7 Å². The molecule has 3 aliphatic rings. The number of ether oxygens (including phenoxy) is 1. The Kier molecular flexibility index (Phi) is 6.27. The summed E-state index contributed by atoms with van der Waals surface area (Å²) in [5.41, 5.74) is 1.46. The Morgan fingerprint density at radius 3 is 2.38 bits per heavy atom. The summed E-state index contributed by atoms with van der Waals surface area (Å²) < 4.78 is 6.07. The normalized spacial score (nSPS) is 31.2. The zero-order valence-electron chi connectivity index (χ0n) is 18.9. The number of fused-ring (bicyclic) bond motifs is 3. The number of carbonyl (C=O) groups excluding carboxylic acids is 2. The Hall–Kier alpha value is -2.45. The molecule has 0 aromatic heterocycles. The Morgan fingerprint density at radius 2 is 1.72 bits per heavy atom. The highest BCUT2D eigenvalue weighted by molar-refractivity contribution is 5.93. The van der Waals surface area contributed by atoms with Crippen LogP contribution in [-0.4, -0.2) is 58.6 Å². The number of carboxylic acids is 1. The van der Waals surface area contributed by atoms with Gasteiger partial charge in [-0.25, -0.2) is 0 Å². The molecule has 174 valence electrons. The summed E-state index contributed by atoms with van der Waals surface area (Å²) in [6.45, 7) is 5.84. The van der Waals surface area contributed by atoms with Crippen LogP contribution in [0, 0.1) is 5.41 Å². The first-order valence-corrected chi connectivity index (χ1v) is 11.5. The highest BCUT2D eigenvalue weighted by Gasteiger charge is 2.67. The van der Waals surface area contributed by atoms with Crippen LogP contribution < -0.4 is 10.6 Å². The second-order valence-corrected chi connectivity index (χ2v) is 9.87. The molecule has 0 bridgehead atoms. The van der Waals surface area contributed by atoms with Gasteiger partial charge in [0.2, 0.25) is 11.8 Å². The quantitative estimate of drug-likeness (QED) is 0.532. The summed E-state index contributed by atoms with van der Waals surface area (Å²) in [4.78, 5) is 37.5. The fourth-order valence-corrected chi connectivity index (χ4v) is 5.74. The Labute approximate surface area is 188 Å². The minimum atomic E-state index is -0.907. The molecular weight excluding hydrogens is 410 g/mol. The van der Waals surface area contributed by atoms with E-state index in [0.29, 0.717) is 36.5 Å². The molecule has 4 atom stereocenters. The number of rotatable bonds is 8. The molecule has 1 saturated carbocycles. The molecule has 8 heteroatoms. The number of hydrogen-bond acceptors (Lipinski definition) is 5. The molecule has 2 amide bonds. The molecular formula is C24H33N3O5. The van der Waals surface area contributed by atoms with Gasteiger partial charge in [-0.15, -0.1) is 0 Å². The second kappa shape index (κ2) is 8.83. The second-order valence-electron chi connectivity index (χ2n) is 9.87. The molecule has 1 aliphatic carbocycles. The van der Waals surface area contributed by atoms with Gasteiger partial charge in [0.05, 0.1) is 18.2 Å². The van der Waals surface area contributed by atoms with Gasteiger partial charge in [-0.1, -0.05) is 6.92 Å². The van der Waals surface area contributed by atoms with Crippen molar-refractivity contribution in [2.24, 2.45) is 5.41 Å². The van der Waals surface area contributed by atoms with Gasteiger partial charge in [0.15, 0.2) is 0 Å². The number of nitrogens with one attached hydrogen (secondary N) is 2. The number of hydrogen-bond donors (Lipinski definition) is 3. The predicted octanol–water partition coefficient (Wildman–Crippen LogP) is 3.24. The maximum absolute atomic E-state index is 12.7. The van der Waals surface area contributed by atoms with Gasteiger partial charge in [-0.3, -0.25) is 19.3 Å². The number of epoxide rings is 1. The van der Waals surface area contributed by atoms with Gasteiger partial charge in [0.25, 0.3) is 0 Å². The third-order valence-corrected chi connectivity index (χ3v) is 7.35. The van der Waals surface area contributed by atoms with E-state index < -0.39 is 5.97 Å². The lowest BCUT2D eigenvalue weighted by atomic mass is 9.63.